The quantitative estimate of drug-likeness (QED) is 0.862. The molecule has 0 spiro atoms. The third kappa shape index (κ3) is 3.30. The molecule has 0 unspecified atom stereocenters. The van der Waals surface area contributed by atoms with E-state index in [0.717, 1.165) is 18.2 Å². The van der Waals surface area contributed by atoms with Gasteiger partial charge < -0.3 is 5.32 Å². The molecule has 0 aliphatic rings. The first-order valence-electron chi connectivity index (χ1n) is 5.61. The van der Waals surface area contributed by atoms with E-state index in [4.69, 9.17) is 11.6 Å². The van der Waals surface area contributed by atoms with Crippen molar-refractivity contribution < 1.29 is 18.0 Å². The number of benzene rings is 2. The predicted molar refractivity (Wildman–Crippen MR) is 70.8 cm³/mol. The molecule has 0 atom stereocenters. The molecule has 0 saturated carbocycles. The zero-order valence-electron chi connectivity index (χ0n) is 10.0. The molecule has 2 rings (SSSR count). The fourth-order valence-corrected chi connectivity index (χ4v) is 1.80. The monoisotopic (exact) mass is 299 g/mol. The van der Waals surface area contributed by atoms with Gasteiger partial charge in [0.25, 0.3) is 5.91 Å². The van der Waals surface area contributed by atoms with Crippen molar-refractivity contribution in [1.82, 2.24) is 0 Å². The van der Waals surface area contributed by atoms with Gasteiger partial charge >= 0.3 is 6.18 Å². The van der Waals surface area contributed by atoms with Crippen LogP contribution in [-0.2, 0) is 6.18 Å². The maximum atomic E-state index is 12.5. The second-order valence-corrected chi connectivity index (χ2v) is 4.42. The SMILES string of the molecule is O=C(Nc1ccc(C(F)(F)F)cc1Cl)c1ccccc1. The largest absolute Gasteiger partial charge is 0.416 e. The summed E-state index contributed by atoms with van der Waals surface area (Å²) in [4.78, 5) is 11.9. The van der Waals surface area contributed by atoms with E-state index in [-0.39, 0.29) is 10.7 Å². The number of anilines is 1. The molecule has 20 heavy (non-hydrogen) atoms. The number of rotatable bonds is 2. The van der Waals surface area contributed by atoms with Gasteiger partial charge in [-0.2, -0.15) is 13.2 Å². The van der Waals surface area contributed by atoms with Crippen LogP contribution in [0, 0.1) is 0 Å². The molecule has 0 aliphatic carbocycles. The summed E-state index contributed by atoms with van der Waals surface area (Å²) in [5.74, 6) is -0.438. The van der Waals surface area contributed by atoms with Gasteiger partial charge in [-0.25, -0.2) is 0 Å². The smallest absolute Gasteiger partial charge is 0.321 e. The van der Waals surface area contributed by atoms with Crippen molar-refractivity contribution in [3.63, 3.8) is 0 Å². The number of carbonyl (C=O) groups is 1. The van der Waals surface area contributed by atoms with Crippen LogP contribution >= 0.6 is 11.6 Å². The number of halogens is 4. The van der Waals surface area contributed by atoms with Crippen molar-refractivity contribution in [2.45, 2.75) is 6.18 Å². The molecule has 1 amide bonds. The minimum absolute atomic E-state index is 0.133. The van der Waals surface area contributed by atoms with Gasteiger partial charge in [0.05, 0.1) is 16.3 Å². The highest BCUT2D eigenvalue weighted by molar-refractivity contribution is 6.34. The van der Waals surface area contributed by atoms with Crippen molar-refractivity contribution in [2.75, 3.05) is 5.32 Å². The predicted octanol–water partition coefficient (Wildman–Crippen LogP) is 4.61. The molecule has 104 valence electrons. The minimum atomic E-state index is -4.47. The van der Waals surface area contributed by atoms with Crippen LogP contribution in [0.1, 0.15) is 15.9 Å². The first-order valence-corrected chi connectivity index (χ1v) is 5.99. The van der Waals surface area contributed by atoms with Crippen molar-refractivity contribution in [3.05, 3.63) is 64.7 Å². The summed E-state index contributed by atoms with van der Waals surface area (Å²) in [7, 11) is 0. The highest BCUT2D eigenvalue weighted by atomic mass is 35.5. The third-order valence-electron chi connectivity index (χ3n) is 2.58. The second-order valence-electron chi connectivity index (χ2n) is 4.01. The molecule has 2 aromatic rings. The van der Waals surface area contributed by atoms with Gasteiger partial charge in [0.15, 0.2) is 0 Å². The average molecular weight is 300 g/mol. The first-order chi connectivity index (χ1) is 9.38. The van der Waals surface area contributed by atoms with E-state index in [2.05, 4.69) is 5.32 Å². The van der Waals surface area contributed by atoms with Gasteiger partial charge in [0.1, 0.15) is 0 Å². The first kappa shape index (κ1) is 14.4. The number of carbonyl (C=O) groups excluding carboxylic acids is 1. The molecule has 1 N–H and O–H groups in total. The minimum Gasteiger partial charge on any atom is -0.321 e. The molecule has 0 saturated heterocycles. The van der Waals surface area contributed by atoms with E-state index in [1.54, 1.807) is 30.3 Å². The zero-order chi connectivity index (χ0) is 14.8. The summed E-state index contributed by atoms with van der Waals surface area (Å²) in [5, 5.41) is 2.30. The van der Waals surface area contributed by atoms with Crippen molar-refractivity contribution >= 4 is 23.2 Å². The maximum Gasteiger partial charge on any atom is 0.416 e. The molecule has 0 aromatic heterocycles. The number of hydrogen-bond acceptors (Lipinski definition) is 1. The molecule has 0 fully saturated rings. The zero-order valence-corrected chi connectivity index (χ0v) is 10.8. The average Bonchev–Trinajstić information content (AvgIpc) is 2.41. The summed E-state index contributed by atoms with van der Waals surface area (Å²) in [6, 6.07) is 11.1. The van der Waals surface area contributed by atoms with Crippen molar-refractivity contribution in [3.8, 4) is 0 Å². The maximum absolute atomic E-state index is 12.5. The Morgan fingerprint density at radius 3 is 2.25 bits per heavy atom. The summed E-state index contributed by atoms with van der Waals surface area (Å²) >= 11 is 5.75. The molecule has 0 heterocycles. The van der Waals surface area contributed by atoms with Gasteiger partial charge in [-0.15, -0.1) is 0 Å². The van der Waals surface area contributed by atoms with E-state index in [0.29, 0.717) is 5.56 Å². The Hall–Kier alpha value is -2.01. The molecule has 6 heteroatoms. The lowest BCUT2D eigenvalue weighted by molar-refractivity contribution is -0.137. The fraction of sp³-hybridized carbons (Fsp3) is 0.0714. The molecule has 0 radical (unpaired) electrons. The summed E-state index contributed by atoms with van der Waals surface area (Å²) in [6.07, 6.45) is -4.47. The Morgan fingerprint density at radius 2 is 1.70 bits per heavy atom. The lowest BCUT2D eigenvalue weighted by Crippen LogP contribution is -2.12. The van der Waals surface area contributed by atoms with Crippen LogP contribution in [0.5, 0.6) is 0 Å². The number of alkyl halides is 3. The molecule has 0 bridgehead atoms. The van der Waals surface area contributed by atoms with Crippen LogP contribution in [0.2, 0.25) is 5.02 Å². The highest BCUT2D eigenvalue weighted by Gasteiger charge is 2.30. The van der Waals surface area contributed by atoms with Gasteiger partial charge in [0.2, 0.25) is 0 Å². The van der Waals surface area contributed by atoms with Gasteiger partial charge in [-0.05, 0) is 30.3 Å². The van der Waals surface area contributed by atoms with Crippen LogP contribution in [0.15, 0.2) is 48.5 Å². The Labute approximate surface area is 118 Å². The molecule has 2 nitrogen and oxygen atoms in total. The van der Waals surface area contributed by atoms with Crippen LogP contribution in [-0.4, -0.2) is 5.91 Å². The molecular formula is C14H9ClF3NO. The highest BCUT2D eigenvalue weighted by Crippen LogP contribution is 2.33. The summed E-state index contributed by atoms with van der Waals surface area (Å²) < 4.78 is 37.4. The normalized spacial score (nSPS) is 11.2. The fourth-order valence-electron chi connectivity index (χ4n) is 1.58. The Morgan fingerprint density at radius 1 is 1.05 bits per heavy atom. The van der Waals surface area contributed by atoms with E-state index in [9.17, 15) is 18.0 Å². The molecular weight excluding hydrogens is 291 g/mol. The lowest BCUT2D eigenvalue weighted by atomic mass is 10.1. The van der Waals surface area contributed by atoms with E-state index >= 15 is 0 Å². The summed E-state index contributed by atoms with van der Waals surface area (Å²) in [5.41, 5.74) is -0.336. The Bertz CT molecular complexity index is 626. The van der Waals surface area contributed by atoms with Gasteiger partial charge in [-0.1, -0.05) is 29.8 Å². The third-order valence-corrected chi connectivity index (χ3v) is 2.89. The van der Waals surface area contributed by atoms with Crippen LogP contribution < -0.4 is 5.32 Å². The number of hydrogen-bond donors (Lipinski definition) is 1. The number of nitrogens with one attached hydrogen (secondary N) is 1. The lowest BCUT2D eigenvalue weighted by Gasteiger charge is -2.11. The van der Waals surface area contributed by atoms with E-state index in [1.807, 2.05) is 0 Å². The molecule has 0 aliphatic heterocycles. The Balaban J connectivity index is 2.21. The van der Waals surface area contributed by atoms with Crippen LogP contribution in [0.4, 0.5) is 18.9 Å². The topological polar surface area (TPSA) is 29.1 Å². The standard InChI is InChI=1S/C14H9ClF3NO/c15-11-8-10(14(16,17)18)6-7-12(11)19-13(20)9-4-2-1-3-5-9/h1-8H,(H,19,20). The van der Waals surface area contributed by atoms with Crippen LogP contribution in [0.25, 0.3) is 0 Å². The number of amides is 1. The second kappa shape index (κ2) is 5.54. The van der Waals surface area contributed by atoms with Gasteiger partial charge in [-0.3, -0.25) is 4.79 Å². The van der Waals surface area contributed by atoms with Crippen molar-refractivity contribution in [2.24, 2.45) is 0 Å². The van der Waals surface area contributed by atoms with Crippen molar-refractivity contribution in [1.29, 1.82) is 0 Å². The van der Waals surface area contributed by atoms with Gasteiger partial charge in [0, 0.05) is 5.56 Å². The van der Waals surface area contributed by atoms with E-state index in [1.165, 1.54) is 0 Å². The van der Waals surface area contributed by atoms with E-state index < -0.39 is 17.6 Å². The Kier molecular flexibility index (Phi) is 3.99. The van der Waals surface area contributed by atoms with Crippen LogP contribution in [0.3, 0.4) is 0 Å². The molecule has 2 aromatic carbocycles. The summed E-state index contributed by atoms with van der Waals surface area (Å²) in [6.45, 7) is 0.